The Morgan fingerprint density at radius 1 is 1.24 bits per heavy atom. The molecule has 0 atom stereocenters. The first-order valence-corrected chi connectivity index (χ1v) is 9.13. The van der Waals surface area contributed by atoms with Gasteiger partial charge in [-0.3, -0.25) is 19.3 Å². The second-order valence-electron chi connectivity index (χ2n) is 6.92. The van der Waals surface area contributed by atoms with Crippen LogP contribution in [0.1, 0.15) is 44.3 Å². The summed E-state index contributed by atoms with van der Waals surface area (Å²) in [7, 11) is 0. The third-order valence-electron chi connectivity index (χ3n) is 5.33. The summed E-state index contributed by atoms with van der Waals surface area (Å²) < 4.78 is 0. The maximum Gasteiger partial charge on any atom is 0.261 e. The SMILES string of the molecule is O=C1c2ccccc2C(=O)N1Cc1csc(CNC(=O)C23CC2C3)n1. The van der Waals surface area contributed by atoms with Gasteiger partial charge in [0.1, 0.15) is 5.01 Å². The van der Waals surface area contributed by atoms with Gasteiger partial charge >= 0.3 is 0 Å². The summed E-state index contributed by atoms with van der Waals surface area (Å²) in [5.74, 6) is 0.190. The van der Waals surface area contributed by atoms with Gasteiger partial charge in [0.05, 0.1) is 35.3 Å². The average molecular weight is 353 g/mol. The molecule has 7 heteroatoms. The van der Waals surface area contributed by atoms with Crippen molar-refractivity contribution in [2.45, 2.75) is 25.9 Å². The first-order chi connectivity index (χ1) is 12.1. The maximum absolute atomic E-state index is 12.4. The molecule has 2 heterocycles. The fourth-order valence-electron chi connectivity index (χ4n) is 3.45. The molecule has 0 bridgehead atoms. The van der Waals surface area contributed by atoms with E-state index in [0.717, 1.165) is 17.8 Å². The van der Waals surface area contributed by atoms with Crippen molar-refractivity contribution < 1.29 is 14.4 Å². The highest BCUT2D eigenvalue weighted by molar-refractivity contribution is 7.09. The lowest BCUT2D eigenvalue weighted by atomic mass is 10.1. The van der Waals surface area contributed by atoms with Gasteiger partial charge in [0, 0.05) is 5.38 Å². The van der Waals surface area contributed by atoms with Gasteiger partial charge in [-0.25, -0.2) is 4.98 Å². The number of amides is 3. The molecule has 1 N–H and O–H groups in total. The van der Waals surface area contributed by atoms with Crippen molar-refractivity contribution in [1.82, 2.24) is 15.2 Å². The van der Waals surface area contributed by atoms with Gasteiger partial charge in [-0.05, 0) is 30.9 Å². The van der Waals surface area contributed by atoms with Gasteiger partial charge in [0.2, 0.25) is 5.91 Å². The Kier molecular flexibility index (Phi) is 2.94. The highest BCUT2D eigenvalue weighted by Gasteiger charge is 2.74. The lowest BCUT2D eigenvalue weighted by Gasteiger charge is -2.11. The molecule has 0 spiro atoms. The van der Waals surface area contributed by atoms with Crippen LogP contribution in [0.25, 0.3) is 0 Å². The van der Waals surface area contributed by atoms with Gasteiger partial charge in [-0.2, -0.15) is 0 Å². The Balaban J connectivity index is 1.25. The van der Waals surface area contributed by atoms with E-state index in [-0.39, 0.29) is 29.7 Å². The third-order valence-corrected chi connectivity index (χ3v) is 6.23. The second-order valence-corrected chi connectivity index (χ2v) is 7.86. The van der Waals surface area contributed by atoms with Crippen molar-refractivity contribution in [3.8, 4) is 0 Å². The molecule has 3 amide bonds. The van der Waals surface area contributed by atoms with Crippen molar-refractivity contribution in [1.29, 1.82) is 0 Å². The molecule has 5 rings (SSSR count). The molecule has 0 saturated heterocycles. The predicted molar refractivity (Wildman–Crippen MR) is 89.8 cm³/mol. The molecule has 1 aromatic carbocycles. The molecule has 2 fully saturated rings. The highest BCUT2D eigenvalue weighted by atomic mass is 32.1. The third kappa shape index (κ3) is 2.22. The average Bonchev–Trinajstić information content (AvgIpc) is 3.42. The molecule has 1 aromatic heterocycles. The number of fused-ring (bicyclic) bond motifs is 2. The topological polar surface area (TPSA) is 79.4 Å². The van der Waals surface area contributed by atoms with Gasteiger partial charge in [-0.15, -0.1) is 11.3 Å². The second kappa shape index (κ2) is 4.98. The van der Waals surface area contributed by atoms with Crippen LogP contribution in [0.2, 0.25) is 0 Å². The van der Waals surface area contributed by atoms with E-state index in [1.807, 2.05) is 5.38 Å². The van der Waals surface area contributed by atoms with Gasteiger partial charge < -0.3 is 5.32 Å². The number of nitrogens with zero attached hydrogens (tertiary/aromatic N) is 2. The van der Waals surface area contributed by atoms with Crippen molar-refractivity contribution >= 4 is 29.1 Å². The van der Waals surface area contributed by atoms with Crippen LogP contribution in [-0.4, -0.2) is 27.6 Å². The lowest BCUT2D eigenvalue weighted by Crippen LogP contribution is -2.29. The van der Waals surface area contributed by atoms with Crippen molar-refractivity contribution in [2.24, 2.45) is 11.3 Å². The van der Waals surface area contributed by atoms with Crippen LogP contribution >= 0.6 is 11.3 Å². The van der Waals surface area contributed by atoms with Crippen LogP contribution in [0.4, 0.5) is 0 Å². The molecular formula is C18H15N3O3S. The predicted octanol–water partition coefficient (Wildman–Crippen LogP) is 1.97. The van der Waals surface area contributed by atoms with E-state index in [1.165, 1.54) is 16.2 Å². The minimum absolute atomic E-state index is 0.0414. The van der Waals surface area contributed by atoms with Crippen LogP contribution < -0.4 is 5.32 Å². The van der Waals surface area contributed by atoms with E-state index in [4.69, 9.17) is 0 Å². The van der Waals surface area contributed by atoms with Crippen LogP contribution in [0.5, 0.6) is 0 Å². The zero-order valence-electron chi connectivity index (χ0n) is 13.3. The minimum atomic E-state index is -0.281. The molecule has 0 radical (unpaired) electrons. The Labute approximate surface area is 147 Å². The molecule has 126 valence electrons. The van der Waals surface area contributed by atoms with E-state index in [1.54, 1.807) is 24.3 Å². The van der Waals surface area contributed by atoms with Crippen molar-refractivity contribution in [2.75, 3.05) is 0 Å². The zero-order chi connectivity index (χ0) is 17.2. The maximum atomic E-state index is 12.4. The van der Waals surface area contributed by atoms with E-state index >= 15 is 0 Å². The van der Waals surface area contributed by atoms with E-state index < -0.39 is 0 Å². The van der Waals surface area contributed by atoms with Crippen LogP contribution in [0, 0.1) is 11.3 Å². The number of hydrogen-bond donors (Lipinski definition) is 1. The Hall–Kier alpha value is -2.54. The van der Waals surface area contributed by atoms with Crippen LogP contribution in [0.15, 0.2) is 29.6 Å². The quantitative estimate of drug-likeness (QED) is 0.834. The molecule has 6 nitrogen and oxygen atoms in total. The molecule has 2 aliphatic carbocycles. The fraction of sp³-hybridized carbons (Fsp3) is 0.333. The Morgan fingerprint density at radius 2 is 1.88 bits per heavy atom. The smallest absolute Gasteiger partial charge is 0.261 e. The van der Waals surface area contributed by atoms with Gasteiger partial charge in [0.25, 0.3) is 11.8 Å². The summed E-state index contributed by atoms with van der Waals surface area (Å²) in [6.07, 6.45) is 2.06. The van der Waals surface area contributed by atoms with Gasteiger partial charge in [0.15, 0.2) is 0 Å². The summed E-state index contributed by atoms with van der Waals surface area (Å²) in [5, 5.41) is 5.56. The number of nitrogens with one attached hydrogen (secondary N) is 1. The molecule has 2 saturated carbocycles. The Bertz CT molecular complexity index is 894. The van der Waals surface area contributed by atoms with Crippen molar-refractivity contribution in [3.63, 3.8) is 0 Å². The number of imide groups is 1. The summed E-state index contributed by atoms with van der Waals surface area (Å²) in [5.41, 5.74) is 1.51. The molecule has 1 aliphatic heterocycles. The molecule has 25 heavy (non-hydrogen) atoms. The highest BCUT2D eigenvalue weighted by Crippen LogP contribution is 2.75. The van der Waals surface area contributed by atoms with Gasteiger partial charge in [-0.1, -0.05) is 12.1 Å². The monoisotopic (exact) mass is 353 g/mol. The fourth-order valence-corrected chi connectivity index (χ4v) is 4.18. The number of rotatable bonds is 5. The summed E-state index contributed by atoms with van der Waals surface area (Å²) in [6.45, 7) is 0.558. The normalized spacial score (nSPS) is 25.6. The van der Waals surface area contributed by atoms with Crippen LogP contribution in [0.3, 0.4) is 0 Å². The Morgan fingerprint density at radius 3 is 2.48 bits per heavy atom. The number of carbonyl (C=O) groups excluding carboxylic acids is 3. The standard InChI is InChI=1S/C18H15N3O3S/c22-15-12-3-1-2-4-13(12)16(23)21(15)8-11-9-25-14(20-11)7-19-17(24)18-5-10(18)6-18/h1-4,9-10H,5-8H2,(H,19,24). The summed E-state index contributed by atoms with van der Waals surface area (Å²) >= 11 is 1.43. The molecule has 0 unspecified atom stereocenters. The number of thiazole rings is 1. The minimum Gasteiger partial charge on any atom is -0.349 e. The lowest BCUT2D eigenvalue weighted by molar-refractivity contribution is -0.124. The van der Waals surface area contributed by atoms with Crippen LogP contribution in [-0.2, 0) is 17.9 Å². The molecular weight excluding hydrogens is 338 g/mol. The summed E-state index contributed by atoms with van der Waals surface area (Å²) in [6, 6.07) is 6.84. The number of hydrogen-bond acceptors (Lipinski definition) is 5. The number of carbonyl (C=O) groups is 3. The largest absolute Gasteiger partial charge is 0.349 e. The van der Waals surface area contributed by atoms with E-state index in [2.05, 4.69) is 10.3 Å². The van der Waals surface area contributed by atoms with Crippen molar-refractivity contribution in [3.05, 3.63) is 51.5 Å². The molecule has 3 aliphatic rings. The first-order valence-electron chi connectivity index (χ1n) is 8.25. The van der Waals surface area contributed by atoms with E-state index in [0.29, 0.717) is 29.3 Å². The zero-order valence-corrected chi connectivity index (χ0v) is 14.1. The first kappa shape index (κ1) is 14.8. The summed E-state index contributed by atoms with van der Waals surface area (Å²) in [4.78, 5) is 42.4. The number of benzene rings is 1. The number of aromatic nitrogens is 1. The van der Waals surface area contributed by atoms with E-state index in [9.17, 15) is 14.4 Å². The molecule has 2 aromatic rings.